The molecular weight excluding hydrogens is 808 g/mol. The molecule has 0 bridgehead atoms. The van der Waals surface area contributed by atoms with Crippen molar-refractivity contribution < 1.29 is 42.5 Å². The Morgan fingerprint density at radius 2 is 1.67 bits per heavy atom. The molecule has 2 heterocycles. The summed E-state index contributed by atoms with van der Waals surface area (Å²) in [5.74, 6) is -1.60. The van der Waals surface area contributed by atoms with Gasteiger partial charge in [0.05, 0.1) is 36.5 Å². The standard InChI is InChI=1S/C48H59FN6O8/c1-28-20-34(21-29(2)38(28)25-50)63-46-47(3,4)45(48(46,5)6)53-42(57)30-8-10-31(11-9-30)54-17-19-61-36(26-54)27-55(16-18-60-7)32-22-35(23-32)62-33-12-13-37(39(49)24-33)43(58)51-40-14-15-41(56)52-44(40)59/h8-13,20-21,24,32,35-36,40,45-46H,14-19,22-23,26-27H2,1-7H3,(H,51,58)(H,53,57)(H,52,56,59)/t32-,35-,36-,40+,45-,46-/m1/s1. The first-order chi connectivity index (χ1) is 30.0. The fourth-order valence-corrected chi connectivity index (χ4v) is 10.0. The number of carbonyl (C=O) groups excluding carboxylic acids is 4. The molecule has 4 amide bonds. The smallest absolute Gasteiger partial charge is 0.254 e. The van der Waals surface area contributed by atoms with Crippen LogP contribution in [-0.4, -0.2) is 111 Å². The third-order valence-electron chi connectivity index (χ3n) is 13.3. The zero-order valence-electron chi connectivity index (χ0n) is 37.2. The highest BCUT2D eigenvalue weighted by Crippen LogP contribution is 2.55. The molecule has 63 heavy (non-hydrogen) atoms. The molecule has 2 aliphatic heterocycles. The van der Waals surface area contributed by atoms with Gasteiger partial charge in [-0.25, -0.2) is 4.39 Å². The third-order valence-corrected chi connectivity index (χ3v) is 13.3. The van der Waals surface area contributed by atoms with Crippen LogP contribution in [0, 0.1) is 41.8 Å². The molecule has 2 saturated heterocycles. The van der Waals surface area contributed by atoms with E-state index in [1.807, 2.05) is 50.2 Å². The van der Waals surface area contributed by atoms with E-state index in [1.54, 1.807) is 13.2 Å². The van der Waals surface area contributed by atoms with E-state index in [9.17, 15) is 24.4 Å². The van der Waals surface area contributed by atoms with Crippen LogP contribution in [0.3, 0.4) is 0 Å². The van der Waals surface area contributed by atoms with E-state index < -0.39 is 29.6 Å². The van der Waals surface area contributed by atoms with Crippen molar-refractivity contribution in [2.24, 2.45) is 10.8 Å². The van der Waals surface area contributed by atoms with Crippen molar-refractivity contribution in [2.75, 3.05) is 51.4 Å². The van der Waals surface area contributed by atoms with Crippen molar-refractivity contribution in [1.29, 1.82) is 5.26 Å². The lowest BCUT2D eigenvalue weighted by Gasteiger charge is -2.63. The Kier molecular flexibility index (Phi) is 13.5. The number of nitrogens with one attached hydrogen (secondary N) is 3. The van der Waals surface area contributed by atoms with Gasteiger partial charge in [-0.05, 0) is 79.9 Å². The Morgan fingerprint density at radius 3 is 2.30 bits per heavy atom. The molecular formula is C48H59FN6O8. The molecule has 0 radical (unpaired) electrons. The van der Waals surface area contributed by atoms with Crippen LogP contribution in [0.4, 0.5) is 10.1 Å². The second kappa shape index (κ2) is 18.7. The molecule has 3 N–H and O–H groups in total. The number of nitrogens with zero attached hydrogens (tertiary/aromatic N) is 3. The van der Waals surface area contributed by atoms with Gasteiger partial charge in [-0.1, -0.05) is 27.7 Å². The van der Waals surface area contributed by atoms with Gasteiger partial charge < -0.3 is 34.5 Å². The Hall–Kier alpha value is -5.56. The predicted octanol–water partition coefficient (Wildman–Crippen LogP) is 5.22. The number of morpholine rings is 1. The van der Waals surface area contributed by atoms with E-state index in [2.05, 4.69) is 59.5 Å². The normalized spacial score (nSPS) is 24.9. The number of benzene rings is 3. The number of hydrogen-bond acceptors (Lipinski definition) is 11. The van der Waals surface area contributed by atoms with Gasteiger partial charge in [0.25, 0.3) is 11.8 Å². The van der Waals surface area contributed by atoms with Crippen molar-refractivity contribution in [1.82, 2.24) is 20.9 Å². The van der Waals surface area contributed by atoms with Gasteiger partial charge in [0.15, 0.2) is 0 Å². The van der Waals surface area contributed by atoms with Crippen LogP contribution in [0.1, 0.15) is 90.8 Å². The van der Waals surface area contributed by atoms with E-state index in [1.165, 1.54) is 12.1 Å². The van der Waals surface area contributed by atoms with E-state index in [0.717, 1.165) is 42.0 Å². The van der Waals surface area contributed by atoms with E-state index in [0.29, 0.717) is 49.7 Å². The Morgan fingerprint density at radius 1 is 0.968 bits per heavy atom. The number of amides is 4. The van der Waals surface area contributed by atoms with E-state index in [-0.39, 0.29) is 65.5 Å². The number of rotatable bonds is 15. The predicted molar refractivity (Wildman–Crippen MR) is 233 cm³/mol. The van der Waals surface area contributed by atoms with E-state index in [4.69, 9.17) is 18.9 Å². The zero-order chi connectivity index (χ0) is 45.2. The SMILES string of the molecule is COCCN(C[C@H]1CN(c2ccc(C(=O)N[C@H]3C(C)(C)[C@H](Oc4cc(C)c(C#N)c(C)c4)C3(C)C)cc2)CCO1)[C@H]1C[C@H](Oc2ccc(C(=O)N[C@H]3CCC(=O)NC3=O)c(F)c2)C1. The number of aryl methyl sites for hydroxylation is 2. The molecule has 336 valence electrons. The van der Waals surface area contributed by atoms with Crippen LogP contribution in [-0.2, 0) is 19.1 Å². The fraction of sp³-hybridized carbons (Fsp3) is 0.521. The first-order valence-electron chi connectivity index (χ1n) is 21.8. The quantitative estimate of drug-likeness (QED) is 0.171. The number of methoxy groups -OCH3 is 1. The zero-order valence-corrected chi connectivity index (χ0v) is 37.2. The second-order valence-electron chi connectivity index (χ2n) is 18.5. The van der Waals surface area contributed by atoms with E-state index >= 15 is 4.39 Å². The fourth-order valence-electron chi connectivity index (χ4n) is 10.0. The van der Waals surface area contributed by atoms with Crippen LogP contribution in [0.25, 0.3) is 0 Å². The van der Waals surface area contributed by atoms with Crippen LogP contribution in [0.2, 0.25) is 0 Å². The highest BCUT2D eigenvalue weighted by atomic mass is 19.1. The lowest BCUT2D eigenvalue weighted by molar-refractivity contribution is -0.164. The average molecular weight is 867 g/mol. The lowest BCUT2D eigenvalue weighted by Crippen LogP contribution is -2.74. The summed E-state index contributed by atoms with van der Waals surface area (Å²) in [5.41, 5.74) is 3.11. The molecule has 4 fully saturated rings. The van der Waals surface area contributed by atoms with Gasteiger partial charge in [-0.3, -0.25) is 29.4 Å². The van der Waals surface area contributed by atoms with Crippen LogP contribution in [0.15, 0.2) is 54.6 Å². The van der Waals surface area contributed by atoms with Crippen LogP contribution < -0.4 is 30.3 Å². The van der Waals surface area contributed by atoms with Crippen molar-refractivity contribution in [2.45, 2.75) is 104 Å². The molecule has 3 aromatic carbocycles. The summed E-state index contributed by atoms with van der Waals surface area (Å²) >= 11 is 0. The molecule has 2 atom stereocenters. The summed E-state index contributed by atoms with van der Waals surface area (Å²) in [4.78, 5) is 54.5. The molecule has 7 rings (SSSR count). The van der Waals surface area contributed by atoms with Gasteiger partial charge >= 0.3 is 0 Å². The van der Waals surface area contributed by atoms with Gasteiger partial charge in [0, 0.05) is 92.8 Å². The summed E-state index contributed by atoms with van der Waals surface area (Å²) in [6, 6.07) is 17.1. The molecule has 14 nitrogen and oxygen atoms in total. The first-order valence-corrected chi connectivity index (χ1v) is 21.8. The number of halogens is 1. The number of ether oxygens (including phenoxy) is 4. The maximum atomic E-state index is 15.1. The van der Waals surface area contributed by atoms with Crippen molar-refractivity contribution in [3.8, 4) is 17.6 Å². The summed E-state index contributed by atoms with van der Waals surface area (Å²) in [6.07, 6.45) is 1.35. The molecule has 0 aromatic heterocycles. The molecule has 2 aliphatic carbocycles. The Labute approximate surface area is 368 Å². The average Bonchev–Trinajstić information content (AvgIpc) is 3.22. The number of anilines is 1. The van der Waals surface area contributed by atoms with Gasteiger partial charge in [0.2, 0.25) is 11.8 Å². The number of carbonyl (C=O) groups is 4. The monoisotopic (exact) mass is 866 g/mol. The van der Waals surface area contributed by atoms with Crippen LogP contribution in [0.5, 0.6) is 11.5 Å². The Balaban J connectivity index is 0.895. The van der Waals surface area contributed by atoms with Crippen LogP contribution >= 0.6 is 0 Å². The molecule has 15 heteroatoms. The maximum Gasteiger partial charge on any atom is 0.254 e. The number of imide groups is 1. The highest BCUT2D eigenvalue weighted by Gasteiger charge is 2.64. The molecule has 0 spiro atoms. The van der Waals surface area contributed by atoms with Gasteiger partial charge in [-0.15, -0.1) is 0 Å². The maximum absolute atomic E-state index is 15.1. The van der Waals surface area contributed by atoms with Crippen molar-refractivity contribution >= 4 is 29.3 Å². The largest absolute Gasteiger partial charge is 0.490 e. The summed E-state index contributed by atoms with van der Waals surface area (Å²) < 4.78 is 39.4. The molecule has 3 aromatic rings. The summed E-state index contributed by atoms with van der Waals surface area (Å²) in [7, 11) is 1.68. The number of nitriles is 1. The minimum atomic E-state index is -0.903. The highest BCUT2D eigenvalue weighted by molar-refractivity contribution is 6.03. The van der Waals surface area contributed by atoms with Gasteiger partial charge in [-0.2, -0.15) is 5.26 Å². The molecule has 4 aliphatic rings. The first kappa shape index (κ1) is 45.5. The minimum absolute atomic E-state index is 0.0677. The topological polar surface area (TPSA) is 172 Å². The number of piperidine rings is 1. The molecule has 2 saturated carbocycles. The number of hydrogen-bond donors (Lipinski definition) is 3. The summed E-state index contributed by atoms with van der Waals surface area (Å²) in [6.45, 7) is 16.2. The Bertz CT molecular complexity index is 2210. The van der Waals surface area contributed by atoms with Crippen molar-refractivity contribution in [3.63, 3.8) is 0 Å². The molecule has 0 unspecified atom stereocenters. The second-order valence-corrected chi connectivity index (χ2v) is 18.5. The van der Waals surface area contributed by atoms with Gasteiger partial charge in [0.1, 0.15) is 35.6 Å². The summed E-state index contributed by atoms with van der Waals surface area (Å²) in [5, 5.41) is 17.5. The third kappa shape index (κ3) is 9.83. The van der Waals surface area contributed by atoms with Crippen molar-refractivity contribution in [3.05, 3.63) is 88.2 Å². The lowest BCUT2D eigenvalue weighted by atomic mass is 9.49. The minimum Gasteiger partial charge on any atom is -0.490 e.